The van der Waals surface area contributed by atoms with E-state index >= 15 is 0 Å². The minimum atomic E-state index is -0.111. The molecule has 1 aliphatic heterocycles. The number of amides is 2. The first kappa shape index (κ1) is 19.9. The van der Waals surface area contributed by atoms with Crippen LogP contribution in [0.4, 0.5) is 0 Å². The van der Waals surface area contributed by atoms with Crippen LogP contribution in [0.2, 0.25) is 0 Å². The summed E-state index contributed by atoms with van der Waals surface area (Å²) in [6.07, 6.45) is 1.51. The van der Waals surface area contributed by atoms with E-state index in [2.05, 4.69) is 5.32 Å². The summed E-state index contributed by atoms with van der Waals surface area (Å²) in [5.74, 6) is 0.720. The fraction of sp³-hybridized carbons (Fsp3) is 0.364. The Bertz CT molecular complexity index is 812. The van der Waals surface area contributed by atoms with Crippen molar-refractivity contribution in [1.29, 1.82) is 0 Å². The molecule has 6 heteroatoms. The molecule has 6 nitrogen and oxygen atoms in total. The van der Waals surface area contributed by atoms with Gasteiger partial charge in [-0.05, 0) is 48.2 Å². The molecule has 1 N–H and O–H groups in total. The molecule has 2 aromatic rings. The summed E-state index contributed by atoms with van der Waals surface area (Å²) in [4.78, 5) is 26.2. The number of likely N-dealkylation sites (tertiary alicyclic amines) is 1. The third kappa shape index (κ3) is 4.89. The van der Waals surface area contributed by atoms with E-state index in [4.69, 9.17) is 9.47 Å². The van der Waals surface area contributed by atoms with Crippen LogP contribution in [0.3, 0.4) is 0 Å². The molecule has 0 bridgehead atoms. The van der Waals surface area contributed by atoms with Crippen molar-refractivity contribution in [3.8, 4) is 16.9 Å². The van der Waals surface area contributed by atoms with Crippen molar-refractivity contribution in [2.24, 2.45) is 0 Å². The fourth-order valence-electron chi connectivity index (χ4n) is 3.42. The third-order valence-corrected chi connectivity index (χ3v) is 4.96. The van der Waals surface area contributed by atoms with Gasteiger partial charge in [-0.15, -0.1) is 0 Å². The maximum absolute atomic E-state index is 12.8. The summed E-state index contributed by atoms with van der Waals surface area (Å²) in [7, 11) is 3.15. The van der Waals surface area contributed by atoms with Crippen molar-refractivity contribution in [2.75, 3.05) is 33.9 Å². The van der Waals surface area contributed by atoms with E-state index in [0.29, 0.717) is 18.7 Å². The summed E-state index contributed by atoms with van der Waals surface area (Å²) in [5.41, 5.74) is 2.76. The first-order valence-corrected chi connectivity index (χ1v) is 9.43. The molecule has 0 radical (unpaired) electrons. The number of piperidine rings is 1. The van der Waals surface area contributed by atoms with Crippen molar-refractivity contribution in [2.45, 2.75) is 18.9 Å². The molecule has 0 atom stereocenters. The largest absolute Gasteiger partial charge is 0.497 e. The molecular weight excluding hydrogens is 356 g/mol. The van der Waals surface area contributed by atoms with E-state index < -0.39 is 0 Å². The number of nitrogens with zero attached hydrogens (tertiary/aromatic N) is 1. The lowest BCUT2D eigenvalue weighted by molar-refractivity contribution is -0.125. The summed E-state index contributed by atoms with van der Waals surface area (Å²) >= 11 is 0. The van der Waals surface area contributed by atoms with Crippen LogP contribution < -0.4 is 10.1 Å². The number of hydrogen-bond donors (Lipinski definition) is 1. The van der Waals surface area contributed by atoms with Gasteiger partial charge in [-0.25, -0.2) is 0 Å². The Morgan fingerprint density at radius 1 is 1.04 bits per heavy atom. The standard InChI is InChI=1S/C22H26N2O4/c1-27-15-21(25)23-19-10-12-24(13-11-19)22(26)17-8-6-16(7-9-17)18-4-3-5-20(14-18)28-2/h3-9,14,19H,10-13,15H2,1-2H3,(H,23,25). The number of carbonyl (C=O) groups excluding carboxylic acids is 2. The predicted molar refractivity (Wildman–Crippen MR) is 107 cm³/mol. The number of benzene rings is 2. The summed E-state index contributed by atoms with van der Waals surface area (Å²) in [5, 5.41) is 2.94. The Morgan fingerprint density at radius 2 is 1.75 bits per heavy atom. The molecule has 3 rings (SSSR count). The van der Waals surface area contributed by atoms with E-state index in [1.807, 2.05) is 53.4 Å². The van der Waals surface area contributed by atoms with E-state index in [9.17, 15) is 9.59 Å². The van der Waals surface area contributed by atoms with E-state index in [1.54, 1.807) is 7.11 Å². The highest BCUT2D eigenvalue weighted by Gasteiger charge is 2.24. The lowest BCUT2D eigenvalue weighted by Gasteiger charge is -2.32. The van der Waals surface area contributed by atoms with Crippen LogP contribution in [0.5, 0.6) is 5.75 Å². The Hall–Kier alpha value is -2.86. The summed E-state index contributed by atoms with van der Waals surface area (Å²) < 4.78 is 10.1. The number of hydrogen-bond acceptors (Lipinski definition) is 4. The molecule has 0 saturated carbocycles. The predicted octanol–water partition coefficient (Wildman–Crippen LogP) is 2.73. The number of carbonyl (C=O) groups is 2. The highest BCUT2D eigenvalue weighted by molar-refractivity contribution is 5.94. The van der Waals surface area contributed by atoms with Crippen molar-refractivity contribution in [3.63, 3.8) is 0 Å². The van der Waals surface area contributed by atoms with Crippen LogP contribution >= 0.6 is 0 Å². The minimum absolute atomic E-state index is 0.0267. The van der Waals surface area contributed by atoms with Gasteiger partial charge in [-0.1, -0.05) is 24.3 Å². The Kier molecular flexibility index (Phi) is 6.66. The van der Waals surface area contributed by atoms with Crippen LogP contribution in [0.25, 0.3) is 11.1 Å². The van der Waals surface area contributed by atoms with Gasteiger partial charge in [0.05, 0.1) is 7.11 Å². The van der Waals surface area contributed by atoms with Crippen molar-refractivity contribution < 1.29 is 19.1 Å². The lowest BCUT2D eigenvalue weighted by atomic mass is 10.0. The van der Waals surface area contributed by atoms with Crippen LogP contribution in [0, 0.1) is 0 Å². The monoisotopic (exact) mass is 382 g/mol. The molecule has 0 spiro atoms. The quantitative estimate of drug-likeness (QED) is 0.834. The number of nitrogens with one attached hydrogen (secondary N) is 1. The zero-order valence-corrected chi connectivity index (χ0v) is 16.3. The number of methoxy groups -OCH3 is 2. The lowest BCUT2D eigenvalue weighted by Crippen LogP contribution is -2.47. The zero-order valence-electron chi connectivity index (χ0n) is 16.3. The Labute approximate surface area is 165 Å². The van der Waals surface area contributed by atoms with E-state index in [0.717, 1.165) is 29.7 Å². The second-order valence-corrected chi connectivity index (χ2v) is 6.88. The highest BCUT2D eigenvalue weighted by Crippen LogP contribution is 2.24. The maximum atomic E-state index is 12.8. The Morgan fingerprint density at radius 3 is 2.39 bits per heavy atom. The Balaban J connectivity index is 1.58. The van der Waals surface area contributed by atoms with Crippen molar-refractivity contribution >= 4 is 11.8 Å². The van der Waals surface area contributed by atoms with Gasteiger partial charge in [0.2, 0.25) is 5.91 Å². The molecule has 0 unspecified atom stereocenters. The molecule has 2 amide bonds. The van der Waals surface area contributed by atoms with Crippen LogP contribution in [0.1, 0.15) is 23.2 Å². The van der Waals surface area contributed by atoms with Gasteiger partial charge in [0.1, 0.15) is 12.4 Å². The molecule has 1 saturated heterocycles. The minimum Gasteiger partial charge on any atom is -0.497 e. The second-order valence-electron chi connectivity index (χ2n) is 6.88. The fourth-order valence-corrected chi connectivity index (χ4v) is 3.42. The van der Waals surface area contributed by atoms with Crippen LogP contribution in [-0.4, -0.2) is 56.7 Å². The number of ether oxygens (including phenoxy) is 2. The van der Waals surface area contributed by atoms with Crippen molar-refractivity contribution in [3.05, 3.63) is 54.1 Å². The van der Waals surface area contributed by atoms with Gasteiger partial charge in [-0.2, -0.15) is 0 Å². The molecule has 0 aliphatic carbocycles. The van der Waals surface area contributed by atoms with Gasteiger partial charge in [0, 0.05) is 31.8 Å². The first-order chi connectivity index (χ1) is 13.6. The molecule has 1 aliphatic rings. The molecular formula is C22H26N2O4. The third-order valence-electron chi connectivity index (χ3n) is 4.96. The summed E-state index contributed by atoms with van der Waals surface area (Å²) in [6.45, 7) is 1.33. The van der Waals surface area contributed by atoms with Crippen LogP contribution in [-0.2, 0) is 9.53 Å². The molecule has 1 fully saturated rings. The average Bonchev–Trinajstić information content (AvgIpc) is 2.74. The first-order valence-electron chi connectivity index (χ1n) is 9.43. The van der Waals surface area contributed by atoms with Gasteiger partial charge in [0.25, 0.3) is 5.91 Å². The van der Waals surface area contributed by atoms with Gasteiger partial charge < -0.3 is 19.7 Å². The molecule has 0 aromatic heterocycles. The van der Waals surface area contributed by atoms with Gasteiger partial charge in [-0.3, -0.25) is 9.59 Å². The smallest absolute Gasteiger partial charge is 0.253 e. The van der Waals surface area contributed by atoms with E-state index in [-0.39, 0.29) is 24.5 Å². The van der Waals surface area contributed by atoms with Gasteiger partial charge >= 0.3 is 0 Å². The second kappa shape index (κ2) is 9.37. The normalized spacial score (nSPS) is 14.6. The van der Waals surface area contributed by atoms with E-state index in [1.165, 1.54) is 7.11 Å². The maximum Gasteiger partial charge on any atom is 0.253 e. The molecule has 28 heavy (non-hydrogen) atoms. The van der Waals surface area contributed by atoms with Crippen LogP contribution in [0.15, 0.2) is 48.5 Å². The van der Waals surface area contributed by atoms with Gasteiger partial charge in [0.15, 0.2) is 0 Å². The highest BCUT2D eigenvalue weighted by atomic mass is 16.5. The average molecular weight is 382 g/mol. The molecule has 1 heterocycles. The zero-order chi connectivity index (χ0) is 19.9. The molecule has 2 aromatic carbocycles. The molecule has 148 valence electrons. The SMILES string of the molecule is COCC(=O)NC1CCN(C(=O)c2ccc(-c3cccc(OC)c3)cc2)CC1. The number of rotatable bonds is 6. The van der Waals surface area contributed by atoms with Crippen molar-refractivity contribution in [1.82, 2.24) is 10.2 Å². The topological polar surface area (TPSA) is 67.9 Å². The summed E-state index contributed by atoms with van der Waals surface area (Å²) in [6, 6.07) is 15.6.